The number of carbonyl (C=O) groups excluding carboxylic acids is 1. The first-order chi connectivity index (χ1) is 10.6. The molecule has 3 rings (SSSR count). The third-order valence-electron chi connectivity index (χ3n) is 3.97. The summed E-state index contributed by atoms with van der Waals surface area (Å²) in [6, 6.07) is 7.16. The number of nitrogens with zero attached hydrogens (tertiary/aromatic N) is 3. The molecular weight excluding hydrogens is 282 g/mol. The van der Waals surface area contributed by atoms with Crippen LogP contribution in [-0.4, -0.2) is 45.7 Å². The van der Waals surface area contributed by atoms with Crippen molar-refractivity contribution in [1.29, 1.82) is 0 Å². The highest BCUT2D eigenvalue weighted by Gasteiger charge is 2.27. The SMILES string of the molecule is CC1CN(C(=O)Cn2cnc3ccccc3c2=O)C(C)CO1. The first kappa shape index (κ1) is 14.7. The number of morpholine rings is 1. The molecule has 22 heavy (non-hydrogen) atoms. The number of hydrogen-bond donors (Lipinski definition) is 0. The molecular formula is C16H19N3O3. The summed E-state index contributed by atoms with van der Waals surface area (Å²) in [6.45, 7) is 4.97. The summed E-state index contributed by atoms with van der Waals surface area (Å²) in [6.07, 6.45) is 1.46. The Morgan fingerprint density at radius 2 is 2.14 bits per heavy atom. The molecule has 1 aromatic carbocycles. The average Bonchev–Trinajstić information content (AvgIpc) is 2.52. The van der Waals surface area contributed by atoms with Gasteiger partial charge in [-0.2, -0.15) is 0 Å². The van der Waals surface area contributed by atoms with E-state index in [1.54, 1.807) is 23.1 Å². The molecule has 1 fully saturated rings. The normalized spacial score (nSPS) is 22.0. The fourth-order valence-electron chi connectivity index (χ4n) is 2.71. The van der Waals surface area contributed by atoms with Crippen LogP contribution in [0.4, 0.5) is 0 Å². The van der Waals surface area contributed by atoms with Gasteiger partial charge in [0.15, 0.2) is 0 Å². The zero-order valence-corrected chi connectivity index (χ0v) is 12.7. The van der Waals surface area contributed by atoms with E-state index in [0.29, 0.717) is 24.1 Å². The number of rotatable bonds is 2. The van der Waals surface area contributed by atoms with Gasteiger partial charge in [0.05, 0.1) is 36.0 Å². The lowest BCUT2D eigenvalue weighted by molar-refractivity contribution is -0.143. The molecule has 116 valence electrons. The van der Waals surface area contributed by atoms with Gasteiger partial charge >= 0.3 is 0 Å². The zero-order chi connectivity index (χ0) is 15.7. The van der Waals surface area contributed by atoms with Gasteiger partial charge in [0, 0.05) is 6.54 Å². The van der Waals surface area contributed by atoms with E-state index in [1.807, 2.05) is 19.9 Å². The Hall–Kier alpha value is -2.21. The van der Waals surface area contributed by atoms with Crippen LogP contribution < -0.4 is 5.56 Å². The predicted molar refractivity (Wildman–Crippen MR) is 82.6 cm³/mol. The van der Waals surface area contributed by atoms with Crippen LogP contribution in [-0.2, 0) is 16.1 Å². The van der Waals surface area contributed by atoms with Gasteiger partial charge in [-0.25, -0.2) is 4.98 Å². The van der Waals surface area contributed by atoms with Gasteiger partial charge in [-0.3, -0.25) is 14.2 Å². The van der Waals surface area contributed by atoms with Crippen LogP contribution in [0.15, 0.2) is 35.4 Å². The fraction of sp³-hybridized carbons (Fsp3) is 0.438. The Balaban J connectivity index is 1.85. The number of aromatic nitrogens is 2. The second-order valence-electron chi connectivity index (χ2n) is 5.73. The molecule has 0 saturated carbocycles. The summed E-state index contributed by atoms with van der Waals surface area (Å²) >= 11 is 0. The van der Waals surface area contributed by atoms with Gasteiger partial charge in [0.2, 0.25) is 5.91 Å². The van der Waals surface area contributed by atoms with Crippen LogP contribution in [0.25, 0.3) is 10.9 Å². The van der Waals surface area contributed by atoms with E-state index < -0.39 is 0 Å². The van der Waals surface area contributed by atoms with Crippen molar-refractivity contribution in [3.63, 3.8) is 0 Å². The van der Waals surface area contributed by atoms with Gasteiger partial charge in [-0.15, -0.1) is 0 Å². The molecule has 0 radical (unpaired) electrons. The van der Waals surface area contributed by atoms with Crippen molar-refractivity contribution in [1.82, 2.24) is 14.5 Å². The Kier molecular flexibility index (Phi) is 3.94. The highest BCUT2D eigenvalue weighted by Crippen LogP contribution is 2.12. The maximum Gasteiger partial charge on any atom is 0.261 e. The minimum atomic E-state index is -0.187. The van der Waals surface area contributed by atoms with E-state index in [-0.39, 0.29) is 30.2 Å². The van der Waals surface area contributed by atoms with Gasteiger partial charge in [-0.05, 0) is 26.0 Å². The average molecular weight is 301 g/mol. The minimum absolute atomic E-state index is 0.00767. The second-order valence-corrected chi connectivity index (χ2v) is 5.73. The Labute approximate surface area is 128 Å². The Morgan fingerprint density at radius 3 is 2.95 bits per heavy atom. The predicted octanol–water partition coefficient (Wildman–Crippen LogP) is 1.03. The number of carbonyl (C=O) groups is 1. The van der Waals surface area contributed by atoms with E-state index in [1.165, 1.54) is 10.9 Å². The molecule has 0 bridgehead atoms. The molecule has 1 aromatic heterocycles. The van der Waals surface area contributed by atoms with E-state index in [9.17, 15) is 9.59 Å². The number of para-hydroxylation sites is 1. The van der Waals surface area contributed by atoms with Crippen LogP contribution in [0.2, 0.25) is 0 Å². The molecule has 6 nitrogen and oxygen atoms in total. The zero-order valence-electron chi connectivity index (χ0n) is 12.7. The molecule has 2 aromatic rings. The number of fused-ring (bicyclic) bond motifs is 1. The Bertz CT molecular complexity index is 756. The lowest BCUT2D eigenvalue weighted by Gasteiger charge is -2.36. The summed E-state index contributed by atoms with van der Waals surface area (Å²) in [4.78, 5) is 30.9. The van der Waals surface area contributed by atoms with Crippen molar-refractivity contribution in [2.24, 2.45) is 0 Å². The summed E-state index contributed by atoms with van der Waals surface area (Å²) in [5.41, 5.74) is 0.456. The van der Waals surface area contributed by atoms with E-state index in [2.05, 4.69) is 4.98 Å². The van der Waals surface area contributed by atoms with Crippen LogP contribution >= 0.6 is 0 Å². The third kappa shape index (κ3) is 2.74. The number of ether oxygens (including phenoxy) is 1. The largest absolute Gasteiger partial charge is 0.375 e. The van der Waals surface area contributed by atoms with Crippen molar-refractivity contribution in [2.75, 3.05) is 13.2 Å². The number of amides is 1. The summed E-state index contributed by atoms with van der Waals surface area (Å²) in [5.74, 6) is -0.0816. The minimum Gasteiger partial charge on any atom is -0.375 e. The molecule has 1 saturated heterocycles. The second kappa shape index (κ2) is 5.88. The number of hydrogen-bond acceptors (Lipinski definition) is 4. The topological polar surface area (TPSA) is 64.4 Å². The highest BCUT2D eigenvalue weighted by atomic mass is 16.5. The molecule has 6 heteroatoms. The molecule has 2 atom stereocenters. The maximum absolute atomic E-state index is 12.5. The van der Waals surface area contributed by atoms with Crippen molar-refractivity contribution in [2.45, 2.75) is 32.5 Å². The summed E-state index contributed by atoms with van der Waals surface area (Å²) in [7, 11) is 0. The van der Waals surface area contributed by atoms with Crippen molar-refractivity contribution >= 4 is 16.8 Å². The molecule has 1 amide bonds. The molecule has 0 aliphatic carbocycles. The van der Waals surface area contributed by atoms with Gasteiger partial charge < -0.3 is 9.64 Å². The molecule has 2 unspecified atom stereocenters. The van der Waals surface area contributed by atoms with E-state index in [4.69, 9.17) is 4.74 Å². The summed E-state index contributed by atoms with van der Waals surface area (Å²) in [5, 5.41) is 0.529. The summed E-state index contributed by atoms with van der Waals surface area (Å²) < 4.78 is 6.90. The molecule has 1 aliphatic heterocycles. The van der Waals surface area contributed by atoms with Crippen LogP contribution in [0.1, 0.15) is 13.8 Å². The van der Waals surface area contributed by atoms with Crippen molar-refractivity contribution in [3.8, 4) is 0 Å². The quantitative estimate of drug-likeness (QED) is 0.831. The standard InChI is InChI=1S/C16H19N3O3/c1-11-9-22-12(2)7-19(11)15(20)8-18-10-17-14-6-4-3-5-13(14)16(18)21/h3-6,10-12H,7-9H2,1-2H3. The molecule has 0 N–H and O–H groups in total. The number of benzene rings is 1. The monoisotopic (exact) mass is 301 g/mol. The lowest BCUT2D eigenvalue weighted by atomic mass is 10.2. The van der Waals surface area contributed by atoms with Gasteiger partial charge in [0.25, 0.3) is 5.56 Å². The van der Waals surface area contributed by atoms with Crippen molar-refractivity contribution in [3.05, 3.63) is 40.9 Å². The molecule has 0 spiro atoms. The van der Waals surface area contributed by atoms with Gasteiger partial charge in [-0.1, -0.05) is 12.1 Å². The smallest absolute Gasteiger partial charge is 0.261 e. The molecule has 1 aliphatic rings. The van der Waals surface area contributed by atoms with E-state index >= 15 is 0 Å². The Morgan fingerprint density at radius 1 is 1.36 bits per heavy atom. The maximum atomic E-state index is 12.5. The van der Waals surface area contributed by atoms with Crippen LogP contribution in [0.3, 0.4) is 0 Å². The van der Waals surface area contributed by atoms with E-state index in [0.717, 1.165) is 0 Å². The lowest BCUT2D eigenvalue weighted by Crippen LogP contribution is -2.51. The van der Waals surface area contributed by atoms with Crippen LogP contribution in [0.5, 0.6) is 0 Å². The first-order valence-corrected chi connectivity index (χ1v) is 7.41. The van der Waals surface area contributed by atoms with Crippen LogP contribution in [0, 0.1) is 0 Å². The fourth-order valence-corrected chi connectivity index (χ4v) is 2.71. The third-order valence-corrected chi connectivity index (χ3v) is 3.97. The van der Waals surface area contributed by atoms with Gasteiger partial charge in [0.1, 0.15) is 6.54 Å². The molecule has 2 heterocycles. The highest BCUT2D eigenvalue weighted by molar-refractivity contribution is 5.79. The first-order valence-electron chi connectivity index (χ1n) is 7.41. The van der Waals surface area contributed by atoms with Crippen molar-refractivity contribution < 1.29 is 9.53 Å².